The van der Waals surface area contributed by atoms with E-state index in [2.05, 4.69) is 20.3 Å². The summed E-state index contributed by atoms with van der Waals surface area (Å²) in [5, 5.41) is 5.37. The minimum atomic E-state index is -0.469. The van der Waals surface area contributed by atoms with Crippen LogP contribution in [0.4, 0.5) is 10.2 Å². The molecule has 122 valence electrons. The van der Waals surface area contributed by atoms with Crippen LogP contribution >= 0.6 is 34.3 Å². The number of nitrogens with zero attached hydrogens (tertiary/aromatic N) is 3. The Morgan fingerprint density at radius 2 is 2.17 bits per heavy atom. The lowest BCUT2D eigenvalue weighted by atomic mass is 10.1. The fourth-order valence-corrected chi connectivity index (χ4v) is 4.34. The van der Waals surface area contributed by atoms with Crippen LogP contribution in [0.5, 0.6) is 0 Å². The highest BCUT2D eigenvalue weighted by Crippen LogP contribution is 2.35. The summed E-state index contributed by atoms with van der Waals surface area (Å²) >= 11 is 8.91. The largest absolute Gasteiger partial charge is 0.362 e. The molecule has 1 unspecified atom stereocenters. The Morgan fingerprint density at radius 1 is 1.39 bits per heavy atom. The van der Waals surface area contributed by atoms with Crippen molar-refractivity contribution in [1.82, 2.24) is 15.0 Å². The Balaban J connectivity index is 1.95. The van der Waals surface area contributed by atoms with E-state index >= 15 is 0 Å². The number of halogens is 2. The van der Waals surface area contributed by atoms with E-state index in [4.69, 9.17) is 17.3 Å². The van der Waals surface area contributed by atoms with Gasteiger partial charge in [0.15, 0.2) is 0 Å². The maximum atomic E-state index is 13.0. The van der Waals surface area contributed by atoms with Crippen LogP contribution < -0.4 is 11.1 Å². The zero-order chi connectivity index (χ0) is 16.6. The lowest BCUT2D eigenvalue weighted by Crippen LogP contribution is -2.17. The third-order valence-corrected chi connectivity index (χ3v) is 5.57. The smallest absolute Gasteiger partial charge is 0.224 e. The number of nitrogens with two attached hydrogens (primary N) is 1. The van der Waals surface area contributed by atoms with Crippen molar-refractivity contribution < 1.29 is 4.39 Å². The maximum Gasteiger partial charge on any atom is 0.224 e. The number of fused-ring (bicyclic) bond motifs is 1. The lowest BCUT2D eigenvalue weighted by Gasteiger charge is -2.05. The highest BCUT2D eigenvalue weighted by molar-refractivity contribution is 7.19. The molecule has 5 nitrogen and oxygen atoms in total. The van der Waals surface area contributed by atoms with Crippen LogP contribution in [0, 0.1) is 12.9 Å². The van der Waals surface area contributed by atoms with Gasteiger partial charge in [0, 0.05) is 16.3 Å². The molecule has 3 heterocycles. The first kappa shape index (κ1) is 16.5. The van der Waals surface area contributed by atoms with Crippen LogP contribution in [0.1, 0.15) is 22.4 Å². The first-order chi connectivity index (χ1) is 10.9. The second-order valence-corrected chi connectivity index (χ2v) is 7.65. The molecule has 0 amide bonds. The number of aryl methyl sites for hydroxylation is 1. The minimum absolute atomic E-state index is 0.0693. The van der Waals surface area contributed by atoms with E-state index in [0.29, 0.717) is 17.4 Å². The SMILES string of the molecule is Cc1c(CC(C)N)sc2c(NCc3nc(F)cs3)nc(Cl)nc12. The molecule has 3 aromatic rings. The monoisotopic (exact) mass is 371 g/mol. The van der Waals surface area contributed by atoms with Gasteiger partial charge in [-0.05, 0) is 37.4 Å². The van der Waals surface area contributed by atoms with Crippen LogP contribution in [-0.4, -0.2) is 21.0 Å². The molecule has 0 aromatic carbocycles. The summed E-state index contributed by atoms with van der Waals surface area (Å²) in [5.41, 5.74) is 7.82. The minimum Gasteiger partial charge on any atom is -0.362 e. The third kappa shape index (κ3) is 3.60. The average molecular weight is 372 g/mol. The van der Waals surface area contributed by atoms with E-state index in [-0.39, 0.29) is 11.3 Å². The predicted molar refractivity (Wildman–Crippen MR) is 93.9 cm³/mol. The van der Waals surface area contributed by atoms with Crippen molar-refractivity contribution in [3.8, 4) is 0 Å². The Hall–Kier alpha value is -1.35. The number of thiazole rings is 1. The number of aromatic nitrogens is 3. The van der Waals surface area contributed by atoms with Gasteiger partial charge >= 0.3 is 0 Å². The second-order valence-electron chi connectivity index (χ2n) is 5.27. The summed E-state index contributed by atoms with van der Waals surface area (Å²) in [6, 6.07) is 0.0693. The molecular weight excluding hydrogens is 357 g/mol. The van der Waals surface area contributed by atoms with Gasteiger partial charge in [-0.1, -0.05) is 0 Å². The van der Waals surface area contributed by atoms with Gasteiger partial charge in [-0.15, -0.1) is 22.7 Å². The molecule has 3 rings (SSSR count). The van der Waals surface area contributed by atoms with Crippen LogP contribution in [0.3, 0.4) is 0 Å². The molecule has 0 saturated carbocycles. The summed E-state index contributed by atoms with van der Waals surface area (Å²) in [4.78, 5) is 13.6. The summed E-state index contributed by atoms with van der Waals surface area (Å²) in [6.07, 6.45) is 0.779. The summed E-state index contributed by atoms with van der Waals surface area (Å²) in [5.74, 6) is 0.170. The molecule has 1 atom stereocenters. The molecule has 3 N–H and O–H groups in total. The molecule has 0 spiro atoms. The van der Waals surface area contributed by atoms with E-state index in [9.17, 15) is 4.39 Å². The summed E-state index contributed by atoms with van der Waals surface area (Å²) in [7, 11) is 0. The number of thiophene rings is 1. The predicted octanol–water partition coefficient (Wildman–Crippen LogP) is 3.75. The van der Waals surface area contributed by atoms with Gasteiger partial charge in [0.1, 0.15) is 10.8 Å². The molecule has 23 heavy (non-hydrogen) atoms. The van der Waals surface area contributed by atoms with Crippen molar-refractivity contribution in [2.24, 2.45) is 5.73 Å². The van der Waals surface area contributed by atoms with Crippen molar-refractivity contribution in [2.45, 2.75) is 32.9 Å². The van der Waals surface area contributed by atoms with Crippen LogP contribution in [0.2, 0.25) is 5.28 Å². The van der Waals surface area contributed by atoms with E-state index in [0.717, 1.165) is 22.2 Å². The van der Waals surface area contributed by atoms with E-state index in [1.807, 2.05) is 13.8 Å². The highest BCUT2D eigenvalue weighted by Gasteiger charge is 2.16. The first-order valence-electron chi connectivity index (χ1n) is 6.99. The molecule has 0 saturated heterocycles. The molecule has 0 bridgehead atoms. The molecule has 0 radical (unpaired) electrons. The van der Waals surface area contributed by atoms with Crippen molar-refractivity contribution in [2.75, 3.05) is 5.32 Å². The molecule has 9 heteroatoms. The Bertz CT molecular complexity index is 845. The number of nitrogens with one attached hydrogen (secondary N) is 1. The average Bonchev–Trinajstić information content (AvgIpc) is 3.02. The van der Waals surface area contributed by atoms with E-state index in [1.165, 1.54) is 21.6 Å². The molecule has 0 fully saturated rings. The highest BCUT2D eigenvalue weighted by atomic mass is 35.5. The zero-order valence-electron chi connectivity index (χ0n) is 12.6. The number of hydrogen-bond donors (Lipinski definition) is 2. The maximum absolute atomic E-state index is 13.0. The quantitative estimate of drug-likeness (QED) is 0.668. The van der Waals surface area contributed by atoms with E-state index in [1.54, 1.807) is 11.3 Å². The van der Waals surface area contributed by atoms with Crippen molar-refractivity contribution >= 4 is 50.3 Å². The first-order valence-corrected chi connectivity index (χ1v) is 9.06. The summed E-state index contributed by atoms with van der Waals surface area (Å²) < 4.78 is 13.9. The Morgan fingerprint density at radius 3 is 2.83 bits per heavy atom. The van der Waals surface area contributed by atoms with Crippen LogP contribution in [0.15, 0.2) is 5.38 Å². The van der Waals surface area contributed by atoms with Crippen LogP contribution in [0.25, 0.3) is 10.2 Å². The van der Waals surface area contributed by atoms with Gasteiger partial charge < -0.3 is 11.1 Å². The Kier molecular flexibility index (Phi) is 4.77. The molecule has 0 aliphatic carbocycles. The Labute approximate surface area is 145 Å². The normalized spacial score (nSPS) is 12.7. The molecule has 0 aliphatic rings. The topological polar surface area (TPSA) is 76.7 Å². The molecular formula is C14H15ClFN5S2. The number of rotatable bonds is 5. The lowest BCUT2D eigenvalue weighted by molar-refractivity contribution is 0.588. The van der Waals surface area contributed by atoms with Crippen molar-refractivity contribution in [3.63, 3.8) is 0 Å². The van der Waals surface area contributed by atoms with E-state index < -0.39 is 5.95 Å². The van der Waals surface area contributed by atoms with Gasteiger partial charge in [-0.3, -0.25) is 0 Å². The van der Waals surface area contributed by atoms with Crippen molar-refractivity contribution in [1.29, 1.82) is 0 Å². The number of anilines is 1. The van der Waals surface area contributed by atoms with Gasteiger partial charge in [0.25, 0.3) is 0 Å². The number of hydrogen-bond acceptors (Lipinski definition) is 7. The molecule has 0 aliphatic heterocycles. The van der Waals surface area contributed by atoms with Gasteiger partial charge in [-0.25, -0.2) is 9.97 Å². The van der Waals surface area contributed by atoms with Crippen LogP contribution in [-0.2, 0) is 13.0 Å². The fraction of sp³-hybridized carbons (Fsp3) is 0.357. The summed E-state index contributed by atoms with van der Waals surface area (Å²) in [6.45, 7) is 4.37. The van der Waals surface area contributed by atoms with Gasteiger partial charge in [-0.2, -0.15) is 9.37 Å². The zero-order valence-corrected chi connectivity index (χ0v) is 14.9. The standard InChI is InChI=1S/C14H15ClFN5S2/c1-6(17)3-8-7(2)11-12(23-8)13(21-14(15)20-11)18-4-10-19-9(16)5-22-10/h5-6H,3-4,17H2,1-2H3,(H,18,20,21). The molecule has 3 aromatic heterocycles. The fourth-order valence-electron chi connectivity index (χ4n) is 2.24. The van der Waals surface area contributed by atoms with Crippen molar-refractivity contribution in [3.05, 3.63) is 32.1 Å². The third-order valence-electron chi connectivity index (χ3n) is 3.28. The van der Waals surface area contributed by atoms with Gasteiger partial charge in [0.05, 0.1) is 16.8 Å². The second kappa shape index (κ2) is 6.64. The van der Waals surface area contributed by atoms with Gasteiger partial charge in [0.2, 0.25) is 11.2 Å².